The largest absolute Gasteiger partial charge is 0.357 e. The summed E-state index contributed by atoms with van der Waals surface area (Å²) in [5, 5.41) is 3.04. The van der Waals surface area contributed by atoms with Crippen LogP contribution in [0.2, 0.25) is 0 Å². The van der Waals surface area contributed by atoms with Gasteiger partial charge in [0.05, 0.1) is 0 Å². The van der Waals surface area contributed by atoms with Crippen molar-refractivity contribution in [2.24, 2.45) is 5.92 Å². The van der Waals surface area contributed by atoms with E-state index in [0.717, 1.165) is 31.5 Å². The Kier molecular flexibility index (Phi) is 4.98. The van der Waals surface area contributed by atoms with Crippen LogP contribution in [0.15, 0.2) is 0 Å². The molecule has 1 saturated heterocycles. The van der Waals surface area contributed by atoms with Crippen LogP contribution in [0, 0.1) is 5.92 Å². The van der Waals surface area contributed by atoms with Gasteiger partial charge in [-0.3, -0.25) is 0 Å². The van der Waals surface area contributed by atoms with E-state index in [0.29, 0.717) is 11.9 Å². The first kappa shape index (κ1) is 14.8. The van der Waals surface area contributed by atoms with Crippen molar-refractivity contribution in [2.75, 3.05) is 48.8 Å². The van der Waals surface area contributed by atoms with Gasteiger partial charge >= 0.3 is 0 Å². The summed E-state index contributed by atoms with van der Waals surface area (Å²) in [6.07, 6.45) is 3.75. The lowest BCUT2D eigenvalue weighted by atomic mass is 10.1. The molecule has 0 saturated carbocycles. The van der Waals surface area contributed by atoms with E-state index in [1.54, 1.807) is 0 Å². The molecule has 6 heteroatoms. The highest BCUT2D eigenvalue weighted by molar-refractivity contribution is 5.44. The minimum absolute atomic E-state index is 0.577. The van der Waals surface area contributed by atoms with Crippen LogP contribution >= 0.6 is 0 Å². The Morgan fingerprint density at radius 1 is 1.15 bits per heavy atom. The molecular formula is C14H26N6. The zero-order valence-corrected chi connectivity index (χ0v) is 13.1. The fraction of sp³-hybridized carbons (Fsp3) is 0.786. The van der Waals surface area contributed by atoms with Gasteiger partial charge in [-0.15, -0.1) is 0 Å². The van der Waals surface area contributed by atoms with E-state index in [4.69, 9.17) is 0 Å². The summed E-state index contributed by atoms with van der Waals surface area (Å²) in [6, 6.07) is 0. The zero-order chi connectivity index (χ0) is 14.5. The lowest BCUT2D eigenvalue weighted by molar-refractivity contribution is 0.566. The van der Waals surface area contributed by atoms with Crippen molar-refractivity contribution in [3.8, 4) is 0 Å². The first-order chi connectivity index (χ1) is 9.60. The average molecular weight is 278 g/mol. The summed E-state index contributed by atoms with van der Waals surface area (Å²) in [4.78, 5) is 18.0. The van der Waals surface area contributed by atoms with E-state index >= 15 is 0 Å². The summed E-state index contributed by atoms with van der Waals surface area (Å²) in [7, 11) is 3.89. The topological polar surface area (TPSA) is 57.2 Å². The maximum Gasteiger partial charge on any atom is 0.231 e. The Balaban J connectivity index is 2.23. The van der Waals surface area contributed by atoms with Gasteiger partial charge in [-0.25, -0.2) is 0 Å². The predicted molar refractivity (Wildman–Crippen MR) is 83.5 cm³/mol. The minimum Gasteiger partial charge on any atom is -0.357 e. The predicted octanol–water partition coefficient (Wildman–Crippen LogP) is 2.00. The normalized spacial score (nSPS) is 15.6. The highest BCUT2D eigenvalue weighted by Gasteiger charge is 2.17. The van der Waals surface area contributed by atoms with Crippen LogP contribution in [0.3, 0.4) is 0 Å². The second-order valence-electron chi connectivity index (χ2n) is 5.83. The second-order valence-corrected chi connectivity index (χ2v) is 5.83. The van der Waals surface area contributed by atoms with E-state index in [1.165, 1.54) is 19.3 Å². The Bertz CT molecular complexity index is 428. The van der Waals surface area contributed by atoms with Crippen LogP contribution in [0.25, 0.3) is 0 Å². The van der Waals surface area contributed by atoms with Crippen LogP contribution < -0.4 is 15.1 Å². The molecule has 1 N–H and O–H groups in total. The number of nitrogens with zero attached hydrogens (tertiary/aromatic N) is 5. The Morgan fingerprint density at radius 3 is 2.45 bits per heavy atom. The molecule has 0 radical (unpaired) electrons. The minimum atomic E-state index is 0.577. The van der Waals surface area contributed by atoms with Gasteiger partial charge in [0.15, 0.2) is 0 Å². The number of rotatable bonds is 5. The summed E-state index contributed by atoms with van der Waals surface area (Å²) >= 11 is 0. The third-order valence-corrected chi connectivity index (χ3v) is 3.45. The standard InChI is InChI=1S/C14H26N6/c1-11(2)10-19(4)13-16-12(15-3)17-14(18-13)20-8-6-5-7-9-20/h11H,5-10H2,1-4H3,(H,15,16,17,18). The van der Waals surface area contributed by atoms with Crippen molar-refractivity contribution in [3.63, 3.8) is 0 Å². The van der Waals surface area contributed by atoms with E-state index in [2.05, 4.69) is 43.9 Å². The first-order valence-corrected chi connectivity index (χ1v) is 7.50. The summed E-state index contributed by atoms with van der Waals surface area (Å²) in [6.45, 7) is 7.41. The molecule has 0 bridgehead atoms. The van der Waals surface area contributed by atoms with Gasteiger partial charge in [0, 0.05) is 33.7 Å². The van der Waals surface area contributed by atoms with Gasteiger partial charge in [0.25, 0.3) is 0 Å². The molecule has 2 heterocycles. The second kappa shape index (κ2) is 6.72. The first-order valence-electron chi connectivity index (χ1n) is 7.50. The Morgan fingerprint density at radius 2 is 1.85 bits per heavy atom. The molecule has 2 rings (SSSR count). The van der Waals surface area contributed by atoms with Crippen molar-refractivity contribution in [3.05, 3.63) is 0 Å². The van der Waals surface area contributed by atoms with Crippen LogP contribution in [-0.2, 0) is 0 Å². The van der Waals surface area contributed by atoms with Crippen LogP contribution in [0.5, 0.6) is 0 Å². The summed E-state index contributed by atoms with van der Waals surface area (Å²) in [5.41, 5.74) is 0. The Labute approximate surface area is 121 Å². The number of anilines is 3. The third-order valence-electron chi connectivity index (χ3n) is 3.45. The van der Waals surface area contributed by atoms with Crippen molar-refractivity contribution in [1.29, 1.82) is 0 Å². The fourth-order valence-electron chi connectivity index (χ4n) is 2.50. The van der Waals surface area contributed by atoms with Gasteiger partial charge < -0.3 is 15.1 Å². The van der Waals surface area contributed by atoms with Crippen molar-refractivity contribution >= 4 is 17.8 Å². The monoisotopic (exact) mass is 278 g/mol. The highest BCUT2D eigenvalue weighted by atomic mass is 15.4. The summed E-state index contributed by atoms with van der Waals surface area (Å²) < 4.78 is 0. The molecule has 0 atom stereocenters. The Hall–Kier alpha value is -1.59. The molecule has 20 heavy (non-hydrogen) atoms. The smallest absolute Gasteiger partial charge is 0.231 e. The lowest BCUT2D eigenvalue weighted by Gasteiger charge is -2.28. The van der Waals surface area contributed by atoms with Gasteiger partial charge in [-0.1, -0.05) is 13.8 Å². The molecule has 112 valence electrons. The molecule has 1 fully saturated rings. The van der Waals surface area contributed by atoms with E-state index in [9.17, 15) is 0 Å². The van der Waals surface area contributed by atoms with E-state index in [-0.39, 0.29) is 0 Å². The number of piperidine rings is 1. The molecular weight excluding hydrogens is 252 g/mol. The SMILES string of the molecule is CNc1nc(N(C)CC(C)C)nc(N2CCCCC2)n1. The van der Waals surface area contributed by atoms with E-state index in [1.807, 2.05) is 14.1 Å². The molecule has 0 aromatic carbocycles. The van der Waals surface area contributed by atoms with Crippen molar-refractivity contribution in [1.82, 2.24) is 15.0 Å². The molecule has 6 nitrogen and oxygen atoms in total. The molecule has 0 amide bonds. The van der Waals surface area contributed by atoms with Crippen LogP contribution in [0.4, 0.5) is 17.8 Å². The maximum atomic E-state index is 4.65. The summed E-state index contributed by atoms with van der Waals surface area (Å²) in [5.74, 6) is 2.77. The van der Waals surface area contributed by atoms with Crippen LogP contribution in [-0.4, -0.2) is 48.7 Å². The number of nitrogens with one attached hydrogen (secondary N) is 1. The quantitative estimate of drug-likeness (QED) is 0.889. The van der Waals surface area contributed by atoms with E-state index < -0.39 is 0 Å². The van der Waals surface area contributed by atoms with Crippen molar-refractivity contribution in [2.45, 2.75) is 33.1 Å². The van der Waals surface area contributed by atoms with Gasteiger partial charge in [-0.2, -0.15) is 15.0 Å². The molecule has 1 aromatic heterocycles. The van der Waals surface area contributed by atoms with Gasteiger partial charge in [0.2, 0.25) is 17.8 Å². The molecule has 0 aliphatic carbocycles. The highest BCUT2D eigenvalue weighted by Crippen LogP contribution is 2.19. The third kappa shape index (κ3) is 3.71. The zero-order valence-electron chi connectivity index (χ0n) is 13.1. The maximum absolute atomic E-state index is 4.65. The molecule has 1 aromatic rings. The molecule has 0 spiro atoms. The van der Waals surface area contributed by atoms with Crippen molar-refractivity contribution < 1.29 is 0 Å². The number of hydrogen-bond acceptors (Lipinski definition) is 6. The van der Waals surface area contributed by atoms with Crippen LogP contribution in [0.1, 0.15) is 33.1 Å². The average Bonchev–Trinajstić information content (AvgIpc) is 2.47. The van der Waals surface area contributed by atoms with Gasteiger partial charge in [0.1, 0.15) is 0 Å². The fourth-order valence-corrected chi connectivity index (χ4v) is 2.50. The molecule has 1 aliphatic heterocycles. The number of aromatic nitrogens is 3. The molecule has 0 unspecified atom stereocenters. The lowest BCUT2D eigenvalue weighted by Crippen LogP contribution is -2.32. The number of hydrogen-bond donors (Lipinski definition) is 1. The molecule has 1 aliphatic rings. The van der Waals surface area contributed by atoms with Gasteiger partial charge in [-0.05, 0) is 25.2 Å².